The van der Waals surface area contributed by atoms with Gasteiger partial charge in [-0.25, -0.2) is 14.5 Å². The molecule has 0 aromatic carbocycles. The molecule has 7 heteroatoms. The second-order valence-electron chi connectivity index (χ2n) is 8.84. The van der Waals surface area contributed by atoms with Gasteiger partial charge in [-0.2, -0.15) is 5.10 Å². The zero-order valence-electron chi connectivity index (χ0n) is 17.8. The molecule has 0 N–H and O–H groups in total. The van der Waals surface area contributed by atoms with Gasteiger partial charge >= 0.3 is 5.63 Å². The first kappa shape index (κ1) is 19.9. The zero-order valence-corrected chi connectivity index (χ0v) is 17.8. The molecule has 156 valence electrons. The quantitative estimate of drug-likeness (QED) is 0.768. The van der Waals surface area contributed by atoms with Gasteiger partial charge in [0, 0.05) is 18.9 Å². The Balaban J connectivity index is 1.56. The van der Waals surface area contributed by atoms with Gasteiger partial charge in [0.1, 0.15) is 17.1 Å². The highest BCUT2D eigenvalue weighted by molar-refractivity contribution is 5.95. The van der Waals surface area contributed by atoms with Crippen LogP contribution in [0.5, 0.6) is 0 Å². The summed E-state index contributed by atoms with van der Waals surface area (Å²) in [6.45, 7) is 9.23. The van der Waals surface area contributed by atoms with Crippen LogP contribution in [0.1, 0.15) is 91.7 Å². The van der Waals surface area contributed by atoms with Gasteiger partial charge in [0.25, 0.3) is 5.91 Å². The first-order chi connectivity index (χ1) is 13.8. The molecular formula is C22H30N4O3. The summed E-state index contributed by atoms with van der Waals surface area (Å²) in [7, 11) is 0. The maximum Gasteiger partial charge on any atom is 0.349 e. The topological polar surface area (TPSA) is 81.2 Å². The Morgan fingerprint density at radius 3 is 2.69 bits per heavy atom. The number of hydrogen-bond donors (Lipinski definition) is 0. The van der Waals surface area contributed by atoms with Gasteiger partial charge in [0.2, 0.25) is 0 Å². The Morgan fingerprint density at radius 1 is 1.31 bits per heavy atom. The third-order valence-electron chi connectivity index (χ3n) is 6.23. The van der Waals surface area contributed by atoms with Crippen LogP contribution in [0.25, 0.3) is 0 Å². The van der Waals surface area contributed by atoms with E-state index in [1.165, 1.54) is 6.42 Å². The first-order valence-electron chi connectivity index (χ1n) is 10.7. The van der Waals surface area contributed by atoms with Crippen LogP contribution in [0.4, 0.5) is 0 Å². The summed E-state index contributed by atoms with van der Waals surface area (Å²) in [6.07, 6.45) is 5.14. The maximum atomic E-state index is 13.3. The molecule has 29 heavy (non-hydrogen) atoms. The van der Waals surface area contributed by atoms with Gasteiger partial charge in [-0.05, 0) is 50.7 Å². The van der Waals surface area contributed by atoms with Crippen molar-refractivity contribution in [3.63, 3.8) is 0 Å². The van der Waals surface area contributed by atoms with Crippen LogP contribution in [0.15, 0.2) is 15.3 Å². The standard InChI is InChI=1S/C22H30N4O3/c1-13(2)8-9-18-23-20-15(4)25(10-11-26(20)24-18)21(27)19-14(3)12-17(29-22(19)28)16-6-5-7-16/h12-13,15-16H,5-11H2,1-4H3/t15-/m1/s1. The number of nitrogens with zero attached hydrogens (tertiary/aromatic N) is 4. The van der Waals surface area contributed by atoms with E-state index in [1.54, 1.807) is 4.90 Å². The highest BCUT2D eigenvalue weighted by atomic mass is 16.4. The molecule has 0 bridgehead atoms. The summed E-state index contributed by atoms with van der Waals surface area (Å²) >= 11 is 0. The molecule has 1 atom stereocenters. The van der Waals surface area contributed by atoms with Gasteiger partial charge in [0.05, 0.1) is 12.6 Å². The summed E-state index contributed by atoms with van der Waals surface area (Å²) in [4.78, 5) is 32.3. The second kappa shape index (κ2) is 7.76. The average molecular weight is 399 g/mol. The van der Waals surface area contributed by atoms with Gasteiger partial charge in [-0.3, -0.25) is 4.79 Å². The lowest BCUT2D eigenvalue weighted by atomic mass is 9.83. The number of hydrogen-bond acceptors (Lipinski definition) is 5. The predicted molar refractivity (Wildman–Crippen MR) is 109 cm³/mol. The Kier molecular flexibility index (Phi) is 5.32. The molecule has 2 aromatic heterocycles. The highest BCUT2D eigenvalue weighted by Crippen LogP contribution is 2.36. The van der Waals surface area contributed by atoms with Crippen molar-refractivity contribution in [2.75, 3.05) is 6.54 Å². The van der Waals surface area contributed by atoms with Crippen LogP contribution in [-0.4, -0.2) is 32.1 Å². The minimum Gasteiger partial charge on any atom is -0.427 e. The van der Waals surface area contributed by atoms with Crippen molar-refractivity contribution in [1.29, 1.82) is 0 Å². The maximum absolute atomic E-state index is 13.3. The molecule has 2 aromatic rings. The Bertz CT molecular complexity index is 971. The molecule has 1 saturated carbocycles. The molecular weight excluding hydrogens is 368 g/mol. The van der Waals surface area contributed by atoms with Crippen LogP contribution < -0.4 is 5.63 Å². The van der Waals surface area contributed by atoms with E-state index in [0.717, 1.165) is 43.1 Å². The average Bonchev–Trinajstić information content (AvgIpc) is 3.02. The van der Waals surface area contributed by atoms with E-state index < -0.39 is 5.63 Å². The molecule has 0 unspecified atom stereocenters. The molecule has 1 fully saturated rings. The molecule has 1 amide bonds. The van der Waals surface area contributed by atoms with E-state index in [4.69, 9.17) is 4.42 Å². The van der Waals surface area contributed by atoms with Crippen molar-refractivity contribution >= 4 is 5.91 Å². The first-order valence-corrected chi connectivity index (χ1v) is 10.7. The second-order valence-corrected chi connectivity index (χ2v) is 8.84. The van der Waals surface area contributed by atoms with Crippen molar-refractivity contribution in [3.8, 4) is 0 Å². The molecule has 3 heterocycles. The predicted octanol–water partition coefficient (Wildman–Crippen LogP) is 3.61. The Labute approximate surface area is 171 Å². The van der Waals surface area contributed by atoms with Crippen LogP contribution in [0.2, 0.25) is 0 Å². The van der Waals surface area contributed by atoms with E-state index in [-0.39, 0.29) is 17.5 Å². The van der Waals surface area contributed by atoms with Crippen molar-refractivity contribution in [3.05, 3.63) is 45.0 Å². The van der Waals surface area contributed by atoms with Crippen molar-refractivity contribution in [2.45, 2.75) is 78.3 Å². The molecule has 0 saturated heterocycles. The van der Waals surface area contributed by atoms with Crippen LogP contribution in [-0.2, 0) is 13.0 Å². The van der Waals surface area contributed by atoms with Crippen molar-refractivity contribution in [2.24, 2.45) is 5.92 Å². The highest BCUT2D eigenvalue weighted by Gasteiger charge is 2.34. The largest absolute Gasteiger partial charge is 0.427 e. The molecule has 7 nitrogen and oxygen atoms in total. The molecule has 1 aliphatic heterocycles. The van der Waals surface area contributed by atoms with Gasteiger partial charge in [0.15, 0.2) is 5.82 Å². The van der Waals surface area contributed by atoms with Crippen molar-refractivity contribution in [1.82, 2.24) is 19.7 Å². The van der Waals surface area contributed by atoms with E-state index in [2.05, 4.69) is 23.9 Å². The number of aryl methyl sites for hydroxylation is 2. The Morgan fingerprint density at radius 2 is 2.07 bits per heavy atom. The lowest BCUT2D eigenvalue weighted by molar-refractivity contribution is 0.0624. The molecule has 4 rings (SSSR count). The number of carbonyl (C=O) groups is 1. The molecule has 0 spiro atoms. The Hall–Kier alpha value is -2.44. The normalized spacial score (nSPS) is 19.3. The number of amides is 1. The lowest BCUT2D eigenvalue weighted by Crippen LogP contribution is -2.43. The van der Waals surface area contributed by atoms with Crippen LogP contribution in [0.3, 0.4) is 0 Å². The van der Waals surface area contributed by atoms with Gasteiger partial charge in [-0.1, -0.05) is 20.3 Å². The van der Waals surface area contributed by atoms with E-state index in [0.29, 0.717) is 30.5 Å². The monoisotopic (exact) mass is 398 g/mol. The lowest BCUT2D eigenvalue weighted by Gasteiger charge is -2.33. The SMILES string of the molecule is Cc1cc(C2CCC2)oc(=O)c1C(=O)N1CCn2nc(CCC(C)C)nc2[C@H]1C. The summed E-state index contributed by atoms with van der Waals surface area (Å²) in [5, 5.41) is 4.61. The fourth-order valence-corrected chi connectivity index (χ4v) is 4.14. The van der Waals surface area contributed by atoms with Crippen LogP contribution in [0, 0.1) is 12.8 Å². The molecule has 0 radical (unpaired) electrons. The zero-order chi connectivity index (χ0) is 20.7. The smallest absolute Gasteiger partial charge is 0.349 e. The number of fused-ring (bicyclic) bond motifs is 1. The minimum atomic E-state index is -0.520. The van der Waals surface area contributed by atoms with Gasteiger partial charge in [-0.15, -0.1) is 0 Å². The summed E-state index contributed by atoms with van der Waals surface area (Å²) in [5.74, 6) is 2.98. The van der Waals surface area contributed by atoms with E-state index in [9.17, 15) is 9.59 Å². The van der Waals surface area contributed by atoms with Crippen LogP contribution >= 0.6 is 0 Å². The van der Waals surface area contributed by atoms with E-state index in [1.807, 2.05) is 24.6 Å². The van der Waals surface area contributed by atoms with E-state index >= 15 is 0 Å². The number of rotatable bonds is 5. The fraction of sp³-hybridized carbons (Fsp3) is 0.636. The molecule has 1 aliphatic carbocycles. The minimum absolute atomic E-state index is 0.146. The number of aromatic nitrogens is 3. The third kappa shape index (κ3) is 3.74. The van der Waals surface area contributed by atoms with Crippen molar-refractivity contribution < 1.29 is 9.21 Å². The summed E-state index contributed by atoms with van der Waals surface area (Å²) in [6, 6.07) is 1.64. The summed E-state index contributed by atoms with van der Waals surface area (Å²) < 4.78 is 7.43. The van der Waals surface area contributed by atoms with Gasteiger partial charge < -0.3 is 9.32 Å². The summed E-state index contributed by atoms with van der Waals surface area (Å²) in [5.41, 5.74) is 0.326. The number of carbonyl (C=O) groups excluding carboxylic acids is 1. The third-order valence-corrected chi connectivity index (χ3v) is 6.23. The molecule has 2 aliphatic rings. The fourth-order valence-electron chi connectivity index (χ4n) is 4.14.